The fourth-order valence-corrected chi connectivity index (χ4v) is 2.71. The molecule has 2 aromatic heterocycles. The molecule has 0 N–H and O–H groups in total. The maximum absolute atomic E-state index is 11.9. The zero-order valence-electron chi connectivity index (χ0n) is 13.1. The summed E-state index contributed by atoms with van der Waals surface area (Å²) in [7, 11) is 0. The van der Waals surface area contributed by atoms with Gasteiger partial charge in [0.2, 0.25) is 5.91 Å². The van der Waals surface area contributed by atoms with Gasteiger partial charge in [0, 0.05) is 44.1 Å². The fourth-order valence-electron chi connectivity index (χ4n) is 2.71. The summed E-state index contributed by atoms with van der Waals surface area (Å²) in [6.07, 6.45) is 5.06. The van der Waals surface area contributed by atoms with E-state index < -0.39 is 0 Å². The first-order valence-electron chi connectivity index (χ1n) is 7.84. The van der Waals surface area contributed by atoms with E-state index in [0.717, 1.165) is 25.1 Å². The van der Waals surface area contributed by atoms with E-state index in [2.05, 4.69) is 15.1 Å². The quantitative estimate of drug-likeness (QED) is 0.804. The smallest absolute Gasteiger partial charge is 0.258 e. The summed E-state index contributed by atoms with van der Waals surface area (Å²) >= 11 is 0. The normalized spacial score (nSPS) is 17.6. The van der Waals surface area contributed by atoms with Crippen LogP contribution >= 0.6 is 0 Å². The van der Waals surface area contributed by atoms with Gasteiger partial charge in [0.25, 0.3) is 5.89 Å². The molecule has 0 spiro atoms. The molecule has 1 fully saturated rings. The Kier molecular flexibility index (Phi) is 4.97. The third-order valence-corrected chi connectivity index (χ3v) is 3.93. The van der Waals surface area contributed by atoms with Crippen LogP contribution in [-0.4, -0.2) is 52.2 Å². The molecule has 0 saturated carbocycles. The van der Waals surface area contributed by atoms with Crippen molar-refractivity contribution in [1.29, 1.82) is 0 Å². The highest BCUT2D eigenvalue weighted by Crippen LogP contribution is 2.22. The van der Waals surface area contributed by atoms with Crippen molar-refractivity contribution in [3.8, 4) is 11.5 Å². The predicted octanol–water partition coefficient (Wildman–Crippen LogP) is 1.56. The van der Waals surface area contributed by atoms with Gasteiger partial charge in [-0.1, -0.05) is 5.16 Å². The molecule has 0 aliphatic carbocycles. The molecular weight excluding hydrogens is 296 g/mol. The van der Waals surface area contributed by atoms with Crippen LogP contribution in [0, 0.1) is 5.92 Å². The summed E-state index contributed by atoms with van der Waals surface area (Å²) in [4.78, 5) is 22.2. The SMILES string of the molecule is CCOCC(=O)N1CCC(Cc2noc(-c3ccncc3)n2)C1. The molecule has 23 heavy (non-hydrogen) atoms. The summed E-state index contributed by atoms with van der Waals surface area (Å²) in [5.41, 5.74) is 0.860. The summed E-state index contributed by atoms with van der Waals surface area (Å²) < 4.78 is 10.5. The largest absolute Gasteiger partial charge is 0.372 e. The lowest BCUT2D eigenvalue weighted by molar-refractivity contribution is -0.135. The average Bonchev–Trinajstić information content (AvgIpc) is 3.23. The highest BCUT2D eigenvalue weighted by atomic mass is 16.5. The lowest BCUT2D eigenvalue weighted by Gasteiger charge is -2.15. The first-order valence-corrected chi connectivity index (χ1v) is 7.84. The molecule has 1 atom stereocenters. The summed E-state index contributed by atoms with van der Waals surface area (Å²) in [6.45, 7) is 4.11. The van der Waals surface area contributed by atoms with Crippen molar-refractivity contribution in [1.82, 2.24) is 20.0 Å². The predicted molar refractivity (Wildman–Crippen MR) is 82.4 cm³/mol. The summed E-state index contributed by atoms with van der Waals surface area (Å²) in [5.74, 6) is 1.61. The van der Waals surface area contributed by atoms with Gasteiger partial charge in [0.05, 0.1) is 0 Å². The van der Waals surface area contributed by atoms with Crippen molar-refractivity contribution in [2.45, 2.75) is 19.8 Å². The lowest BCUT2D eigenvalue weighted by Crippen LogP contribution is -2.32. The van der Waals surface area contributed by atoms with Crippen LogP contribution in [0.2, 0.25) is 0 Å². The molecule has 3 rings (SSSR count). The van der Waals surface area contributed by atoms with Crippen LogP contribution in [0.5, 0.6) is 0 Å². The molecule has 1 amide bonds. The van der Waals surface area contributed by atoms with Crippen LogP contribution in [0.3, 0.4) is 0 Å². The van der Waals surface area contributed by atoms with E-state index in [0.29, 0.717) is 30.7 Å². The summed E-state index contributed by atoms with van der Waals surface area (Å²) in [6, 6.07) is 3.67. The van der Waals surface area contributed by atoms with Crippen LogP contribution in [0.1, 0.15) is 19.2 Å². The van der Waals surface area contributed by atoms with Crippen LogP contribution < -0.4 is 0 Å². The molecule has 1 unspecified atom stereocenters. The van der Waals surface area contributed by atoms with Crippen molar-refractivity contribution in [3.05, 3.63) is 30.4 Å². The van der Waals surface area contributed by atoms with E-state index >= 15 is 0 Å². The van der Waals surface area contributed by atoms with Gasteiger partial charge in [0.15, 0.2) is 5.82 Å². The number of nitrogens with zero attached hydrogens (tertiary/aromatic N) is 4. The second-order valence-corrected chi connectivity index (χ2v) is 5.59. The summed E-state index contributed by atoms with van der Waals surface area (Å²) in [5, 5.41) is 4.04. The van der Waals surface area contributed by atoms with Crippen LogP contribution in [-0.2, 0) is 16.0 Å². The Morgan fingerprint density at radius 1 is 1.43 bits per heavy atom. The number of rotatable bonds is 6. The first kappa shape index (κ1) is 15.6. The number of aromatic nitrogens is 3. The highest BCUT2D eigenvalue weighted by molar-refractivity contribution is 5.77. The number of carbonyl (C=O) groups excluding carboxylic acids is 1. The van der Waals surface area contributed by atoms with Crippen molar-refractivity contribution < 1.29 is 14.1 Å². The standard InChI is InChI=1S/C16H20N4O3/c1-2-22-11-15(21)20-8-5-12(10-20)9-14-18-16(23-19-14)13-3-6-17-7-4-13/h3-4,6-7,12H,2,5,8-11H2,1H3. The Morgan fingerprint density at radius 3 is 3.04 bits per heavy atom. The maximum atomic E-state index is 11.9. The van der Waals surface area contributed by atoms with Crippen LogP contribution in [0.25, 0.3) is 11.5 Å². The first-order chi connectivity index (χ1) is 11.3. The monoisotopic (exact) mass is 316 g/mol. The van der Waals surface area contributed by atoms with Gasteiger partial charge >= 0.3 is 0 Å². The molecule has 122 valence electrons. The molecule has 0 bridgehead atoms. The third kappa shape index (κ3) is 3.92. The fraction of sp³-hybridized carbons (Fsp3) is 0.500. The Hall–Kier alpha value is -2.28. The molecule has 7 nitrogen and oxygen atoms in total. The zero-order chi connectivity index (χ0) is 16.1. The van der Waals surface area contributed by atoms with Gasteiger partial charge in [0.1, 0.15) is 6.61 Å². The molecule has 0 aromatic carbocycles. The number of hydrogen-bond donors (Lipinski definition) is 0. The van der Waals surface area contributed by atoms with Crippen molar-refractivity contribution in [2.24, 2.45) is 5.92 Å². The molecular formula is C16H20N4O3. The van der Waals surface area contributed by atoms with Gasteiger partial charge in [-0.15, -0.1) is 0 Å². The second kappa shape index (κ2) is 7.32. The van der Waals surface area contributed by atoms with E-state index in [1.165, 1.54) is 0 Å². The van der Waals surface area contributed by atoms with E-state index in [9.17, 15) is 4.79 Å². The van der Waals surface area contributed by atoms with Crippen LogP contribution in [0.15, 0.2) is 29.0 Å². The maximum Gasteiger partial charge on any atom is 0.258 e. The van der Waals surface area contributed by atoms with E-state index in [1.807, 2.05) is 24.0 Å². The van der Waals surface area contributed by atoms with Gasteiger partial charge in [-0.3, -0.25) is 9.78 Å². The Bertz CT molecular complexity index is 644. The van der Waals surface area contributed by atoms with Gasteiger partial charge < -0.3 is 14.2 Å². The number of carbonyl (C=O) groups is 1. The Labute approximate surface area is 134 Å². The molecule has 7 heteroatoms. The molecule has 1 aliphatic rings. The van der Waals surface area contributed by atoms with E-state index in [4.69, 9.17) is 9.26 Å². The minimum Gasteiger partial charge on any atom is -0.372 e. The molecule has 2 aromatic rings. The Morgan fingerprint density at radius 2 is 2.26 bits per heavy atom. The molecule has 1 saturated heterocycles. The lowest BCUT2D eigenvalue weighted by atomic mass is 10.1. The Balaban J connectivity index is 1.55. The average molecular weight is 316 g/mol. The zero-order valence-corrected chi connectivity index (χ0v) is 13.1. The van der Waals surface area contributed by atoms with Crippen molar-refractivity contribution in [3.63, 3.8) is 0 Å². The minimum absolute atomic E-state index is 0.0555. The van der Waals surface area contributed by atoms with Crippen molar-refractivity contribution in [2.75, 3.05) is 26.3 Å². The van der Waals surface area contributed by atoms with Gasteiger partial charge in [-0.25, -0.2) is 0 Å². The van der Waals surface area contributed by atoms with Gasteiger partial charge in [-0.05, 0) is 31.4 Å². The third-order valence-electron chi connectivity index (χ3n) is 3.93. The van der Waals surface area contributed by atoms with E-state index in [-0.39, 0.29) is 12.5 Å². The minimum atomic E-state index is 0.0555. The number of amides is 1. The number of ether oxygens (including phenoxy) is 1. The number of hydrogen-bond acceptors (Lipinski definition) is 6. The number of pyridine rings is 1. The number of likely N-dealkylation sites (tertiary alicyclic amines) is 1. The van der Waals surface area contributed by atoms with Crippen molar-refractivity contribution >= 4 is 5.91 Å². The second-order valence-electron chi connectivity index (χ2n) is 5.59. The van der Waals surface area contributed by atoms with Gasteiger partial charge in [-0.2, -0.15) is 4.98 Å². The highest BCUT2D eigenvalue weighted by Gasteiger charge is 2.27. The molecule has 3 heterocycles. The van der Waals surface area contributed by atoms with E-state index in [1.54, 1.807) is 12.4 Å². The van der Waals surface area contributed by atoms with Crippen LogP contribution in [0.4, 0.5) is 0 Å². The molecule has 1 aliphatic heterocycles. The topological polar surface area (TPSA) is 81.4 Å². The molecule has 0 radical (unpaired) electrons.